The summed E-state index contributed by atoms with van der Waals surface area (Å²) < 4.78 is 11.0. The van der Waals surface area contributed by atoms with Crippen LogP contribution in [0.2, 0.25) is 0 Å². The topological polar surface area (TPSA) is 84.9 Å². The highest BCUT2D eigenvalue weighted by Crippen LogP contribution is 2.46. The lowest BCUT2D eigenvalue weighted by atomic mass is 9.93. The van der Waals surface area contributed by atoms with Crippen molar-refractivity contribution >= 4 is 41.2 Å². The molecule has 2 fully saturated rings. The van der Waals surface area contributed by atoms with Crippen molar-refractivity contribution in [3.05, 3.63) is 83.6 Å². The smallest absolute Gasteiger partial charge is 0.332 e. The predicted octanol–water partition coefficient (Wildman–Crippen LogP) is 4.03. The predicted molar refractivity (Wildman–Crippen MR) is 139 cm³/mol. The van der Waals surface area contributed by atoms with Gasteiger partial charge in [0, 0.05) is 17.5 Å². The van der Waals surface area contributed by atoms with E-state index in [1.807, 2.05) is 60.7 Å². The number of carbonyl (C=O) groups is 3. The number of fused-ring (bicyclic) bond motifs is 1. The number of benzene rings is 2. The van der Waals surface area contributed by atoms with Crippen LogP contribution in [0.25, 0.3) is 0 Å². The summed E-state index contributed by atoms with van der Waals surface area (Å²) in [6, 6.07) is 17.4. The van der Waals surface area contributed by atoms with Crippen molar-refractivity contribution in [2.24, 2.45) is 0 Å². The maximum absolute atomic E-state index is 13.6. The number of nitrogens with zero attached hydrogens (tertiary/aromatic N) is 1. The number of hydrogen-bond donors (Lipinski definition) is 1. The molecule has 0 radical (unpaired) electrons. The lowest BCUT2D eigenvalue weighted by Gasteiger charge is -2.56. The van der Waals surface area contributed by atoms with E-state index in [0.717, 1.165) is 11.1 Å². The number of β-lactam (4-membered cyclic amide) rings is 1. The Morgan fingerprint density at radius 2 is 1.75 bits per heavy atom. The Bertz CT molecular complexity index is 1100. The van der Waals surface area contributed by atoms with E-state index in [0.29, 0.717) is 11.4 Å². The number of amides is 1. The molecule has 9 heteroatoms. The van der Waals surface area contributed by atoms with Crippen LogP contribution in [0.5, 0.6) is 0 Å². The number of nitrogens with one attached hydrogen (secondary N) is 1. The molecule has 0 aromatic heterocycles. The number of rotatable bonds is 8. The van der Waals surface area contributed by atoms with Crippen LogP contribution in [-0.4, -0.2) is 57.4 Å². The van der Waals surface area contributed by atoms with Crippen molar-refractivity contribution in [1.29, 1.82) is 0 Å². The maximum atomic E-state index is 13.6. The minimum absolute atomic E-state index is 0.266. The molecule has 2 aliphatic heterocycles. The van der Waals surface area contributed by atoms with Crippen molar-refractivity contribution in [3.63, 3.8) is 0 Å². The molecule has 0 spiro atoms. The first-order chi connectivity index (χ1) is 17.2. The van der Waals surface area contributed by atoms with Crippen LogP contribution < -0.4 is 5.32 Å². The zero-order chi connectivity index (χ0) is 25.9. The summed E-state index contributed by atoms with van der Waals surface area (Å²) >= 11 is 8.31. The summed E-state index contributed by atoms with van der Waals surface area (Å²) in [6.07, 6.45) is 0.676. The second kappa shape index (κ2) is 11.0. The van der Waals surface area contributed by atoms with Crippen LogP contribution in [0.4, 0.5) is 0 Å². The minimum Gasteiger partial charge on any atom is -0.463 e. The molecule has 36 heavy (non-hydrogen) atoms. The van der Waals surface area contributed by atoms with Crippen molar-refractivity contribution in [1.82, 2.24) is 10.2 Å². The molecule has 190 valence electrons. The van der Waals surface area contributed by atoms with Gasteiger partial charge in [0.15, 0.2) is 12.1 Å². The normalized spacial score (nSPS) is 25.6. The van der Waals surface area contributed by atoms with Crippen LogP contribution in [-0.2, 0) is 23.9 Å². The van der Waals surface area contributed by atoms with E-state index in [2.05, 4.69) is 5.32 Å². The molecule has 2 heterocycles. The van der Waals surface area contributed by atoms with E-state index >= 15 is 0 Å². The summed E-state index contributed by atoms with van der Waals surface area (Å²) in [7, 11) is 0. The number of carbonyl (C=O) groups excluding carboxylic acids is 3. The van der Waals surface area contributed by atoms with Crippen molar-refractivity contribution in [2.75, 3.05) is 12.4 Å². The van der Waals surface area contributed by atoms with Crippen LogP contribution in [0, 0.1) is 0 Å². The van der Waals surface area contributed by atoms with Gasteiger partial charge in [-0.3, -0.25) is 4.79 Å². The van der Waals surface area contributed by atoms with Gasteiger partial charge < -0.3 is 19.7 Å². The summed E-state index contributed by atoms with van der Waals surface area (Å²) in [6.45, 7) is 5.44. The standard InChI is InChI=1S/C27H29ClN2O5S/c1-4-34-20(31)15-17(2)29-21-24(32)30-23(27(3,28)16-36-25(21)30)26(33)35-22(18-11-7-5-8-12-18)19-13-9-6-10-14-19/h5-15,21-23,25,29H,4,16H2,1-3H3/t21-,23+,25-,27-/m1/s1. The van der Waals surface area contributed by atoms with Crippen molar-refractivity contribution in [2.45, 2.75) is 49.2 Å². The summed E-state index contributed by atoms with van der Waals surface area (Å²) in [4.78, 5) is 39.1. The molecule has 2 saturated heterocycles. The maximum Gasteiger partial charge on any atom is 0.332 e. The van der Waals surface area contributed by atoms with Gasteiger partial charge in [-0.25, -0.2) is 9.59 Å². The van der Waals surface area contributed by atoms with Crippen molar-refractivity contribution in [3.8, 4) is 0 Å². The third-order valence-electron chi connectivity index (χ3n) is 6.13. The molecule has 1 N–H and O–H groups in total. The second-order valence-corrected chi connectivity index (χ2v) is 10.9. The summed E-state index contributed by atoms with van der Waals surface area (Å²) in [5, 5.41) is 2.77. The lowest BCUT2D eigenvalue weighted by molar-refractivity contribution is -0.168. The first kappa shape index (κ1) is 26.1. The van der Waals surface area contributed by atoms with E-state index in [1.165, 1.54) is 22.7 Å². The quantitative estimate of drug-likeness (QED) is 0.240. The third kappa shape index (κ3) is 5.39. The Balaban J connectivity index is 1.55. The van der Waals surface area contributed by atoms with Crippen LogP contribution >= 0.6 is 23.4 Å². The average molecular weight is 529 g/mol. The highest BCUT2D eigenvalue weighted by molar-refractivity contribution is 8.00. The number of halogens is 1. The molecule has 1 amide bonds. The Hall–Kier alpha value is -2.97. The number of hydrogen-bond acceptors (Lipinski definition) is 7. The zero-order valence-corrected chi connectivity index (χ0v) is 21.9. The Morgan fingerprint density at radius 3 is 2.31 bits per heavy atom. The fourth-order valence-corrected chi connectivity index (χ4v) is 6.26. The second-order valence-electron chi connectivity index (χ2n) is 8.97. The molecule has 0 unspecified atom stereocenters. The van der Waals surface area contributed by atoms with Gasteiger partial charge in [-0.15, -0.1) is 23.4 Å². The summed E-state index contributed by atoms with van der Waals surface area (Å²) in [5.74, 6) is -0.858. The van der Waals surface area contributed by atoms with E-state index < -0.39 is 35.0 Å². The monoisotopic (exact) mass is 528 g/mol. The van der Waals surface area contributed by atoms with Gasteiger partial charge in [0.25, 0.3) is 0 Å². The lowest BCUT2D eigenvalue weighted by Crippen LogP contribution is -2.77. The van der Waals surface area contributed by atoms with Crippen molar-refractivity contribution < 1.29 is 23.9 Å². The Morgan fingerprint density at radius 1 is 1.17 bits per heavy atom. The Kier molecular flexibility index (Phi) is 7.95. The molecular weight excluding hydrogens is 500 g/mol. The first-order valence-corrected chi connectivity index (χ1v) is 13.2. The molecule has 4 atom stereocenters. The minimum atomic E-state index is -1.01. The largest absolute Gasteiger partial charge is 0.463 e. The van der Waals surface area contributed by atoms with Gasteiger partial charge in [0.1, 0.15) is 11.4 Å². The number of thioether (sulfide) groups is 1. The summed E-state index contributed by atoms with van der Waals surface area (Å²) in [5.41, 5.74) is 2.16. The average Bonchev–Trinajstić information content (AvgIpc) is 2.86. The molecule has 0 saturated carbocycles. The van der Waals surface area contributed by atoms with E-state index in [9.17, 15) is 14.4 Å². The fraction of sp³-hybridized carbons (Fsp3) is 0.370. The molecule has 0 aliphatic carbocycles. The Labute approximate surface area is 220 Å². The third-order valence-corrected chi connectivity index (χ3v) is 8.24. The van der Waals surface area contributed by atoms with E-state index in [1.54, 1.807) is 20.8 Å². The fourth-order valence-electron chi connectivity index (χ4n) is 4.46. The molecule has 7 nitrogen and oxygen atoms in total. The van der Waals surface area contributed by atoms with E-state index in [4.69, 9.17) is 21.1 Å². The van der Waals surface area contributed by atoms with Crippen LogP contribution in [0.1, 0.15) is 38.0 Å². The SMILES string of the molecule is CCOC(=O)C=C(C)N[C@@H]1C(=O)N2[C@@H]1SC[C@@](C)(Cl)[C@@H]2C(=O)OC(c1ccccc1)c1ccccc1. The number of esters is 2. The van der Waals surface area contributed by atoms with Gasteiger partial charge in [0.05, 0.1) is 11.5 Å². The van der Waals surface area contributed by atoms with Gasteiger partial charge in [-0.05, 0) is 31.9 Å². The number of ether oxygens (including phenoxy) is 2. The van der Waals surface area contributed by atoms with E-state index in [-0.39, 0.29) is 17.9 Å². The first-order valence-electron chi connectivity index (χ1n) is 11.8. The van der Waals surface area contributed by atoms with Gasteiger partial charge >= 0.3 is 11.9 Å². The van der Waals surface area contributed by atoms with Crippen LogP contribution in [0.15, 0.2) is 72.4 Å². The number of alkyl halides is 1. The highest BCUT2D eigenvalue weighted by Gasteiger charge is 2.61. The van der Waals surface area contributed by atoms with Gasteiger partial charge in [-0.2, -0.15) is 0 Å². The van der Waals surface area contributed by atoms with Gasteiger partial charge in [-0.1, -0.05) is 60.7 Å². The molecule has 0 bridgehead atoms. The molecule has 2 aromatic carbocycles. The molecule has 4 rings (SSSR count). The number of allylic oxidation sites excluding steroid dienone is 1. The molecular formula is C27H29ClN2O5S. The zero-order valence-electron chi connectivity index (χ0n) is 20.3. The molecule has 2 aromatic rings. The highest BCUT2D eigenvalue weighted by atomic mass is 35.5. The van der Waals surface area contributed by atoms with Crippen LogP contribution in [0.3, 0.4) is 0 Å². The molecule has 2 aliphatic rings. The van der Waals surface area contributed by atoms with Gasteiger partial charge in [0.2, 0.25) is 5.91 Å².